The van der Waals surface area contributed by atoms with Gasteiger partial charge in [-0.25, -0.2) is 9.97 Å². The van der Waals surface area contributed by atoms with Crippen molar-refractivity contribution in [3.05, 3.63) is 117 Å². The summed E-state index contributed by atoms with van der Waals surface area (Å²) in [6, 6.07) is 29.9. The minimum absolute atomic E-state index is 0.929. The standard InChI is InChI=1S/C32H20N2S4/c1-3-27(35-19-1)29-17-15-25(37-29)13-11-23-9-7-21-5-6-22-8-10-24(34-32(22)31(21)33-23)12-14-26-16-18-30(38-26)28-4-2-20-36-28/h1-20H/b13-11+,14-12+. The van der Waals surface area contributed by atoms with Crippen molar-refractivity contribution >= 4 is 91.5 Å². The van der Waals surface area contributed by atoms with Crippen LogP contribution < -0.4 is 0 Å². The first kappa shape index (κ1) is 23.4. The number of fused-ring (bicyclic) bond motifs is 3. The summed E-state index contributed by atoms with van der Waals surface area (Å²) in [4.78, 5) is 17.7. The third-order valence-corrected chi connectivity index (χ3v) is 10.4. The number of nitrogens with zero attached hydrogens (tertiary/aromatic N) is 2. The molecule has 0 aliphatic carbocycles. The summed E-state index contributed by atoms with van der Waals surface area (Å²) in [6.07, 6.45) is 8.48. The van der Waals surface area contributed by atoms with Gasteiger partial charge >= 0.3 is 0 Å². The maximum atomic E-state index is 5.00. The summed E-state index contributed by atoms with van der Waals surface area (Å²) in [5, 5.41) is 6.43. The van der Waals surface area contributed by atoms with E-state index in [1.807, 2.05) is 0 Å². The van der Waals surface area contributed by atoms with Crippen LogP contribution in [0.5, 0.6) is 0 Å². The Morgan fingerprint density at radius 2 is 0.921 bits per heavy atom. The monoisotopic (exact) mass is 560 g/mol. The van der Waals surface area contributed by atoms with E-state index in [0.717, 1.165) is 33.2 Å². The highest BCUT2D eigenvalue weighted by atomic mass is 32.1. The number of pyridine rings is 2. The number of thiophene rings is 4. The van der Waals surface area contributed by atoms with Crippen molar-refractivity contribution in [3.8, 4) is 19.5 Å². The molecular formula is C32H20N2S4. The summed E-state index contributed by atoms with van der Waals surface area (Å²) >= 11 is 7.15. The lowest BCUT2D eigenvalue weighted by Crippen LogP contribution is -1.89. The smallest absolute Gasteiger partial charge is 0.0972 e. The minimum atomic E-state index is 0.929. The molecular weight excluding hydrogens is 541 g/mol. The molecule has 6 heteroatoms. The third-order valence-electron chi connectivity index (χ3n) is 6.18. The molecule has 2 nitrogen and oxygen atoms in total. The number of rotatable bonds is 6. The quantitative estimate of drug-likeness (QED) is 0.189. The molecule has 0 aliphatic rings. The molecule has 7 rings (SSSR count). The average Bonchev–Trinajstić information content (AvgIpc) is 3.77. The highest BCUT2D eigenvalue weighted by Crippen LogP contribution is 2.33. The fourth-order valence-corrected chi connectivity index (χ4v) is 7.80. The maximum Gasteiger partial charge on any atom is 0.0972 e. The van der Waals surface area contributed by atoms with Gasteiger partial charge in [-0.1, -0.05) is 36.4 Å². The van der Waals surface area contributed by atoms with Gasteiger partial charge < -0.3 is 0 Å². The van der Waals surface area contributed by atoms with Gasteiger partial charge in [0.25, 0.3) is 0 Å². The molecule has 0 amide bonds. The lowest BCUT2D eigenvalue weighted by atomic mass is 10.1. The van der Waals surface area contributed by atoms with Crippen LogP contribution in [0.15, 0.2) is 95.7 Å². The average molecular weight is 561 g/mol. The molecule has 0 atom stereocenters. The van der Waals surface area contributed by atoms with Crippen LogP contribution in [0.4, 0.5) is 0 Å². The SMILES string of the molecule is C(=C\c1ccc(-c2cccs2)s1)/c1ccc2ccc3ccc(/C=C/c4ccc(-c5cccs5)s4)nc3c2n1. The lowest BCUT2D eigenvalue weighted by Gasteiger charge is -2.05. The minimum Gasteiger partial charge on any atom is -0.246 e. The van der Waals surface area contributed by atoms with Crippen molar-refractivity contribution in [1.29, 1.82) is 0 Å². The van der Waals surface area contributed by atoms with Crippen molar-refractivity contribution < 1.29 is 0 Å². The molecule has 6 heterocycles. The van der Waals surface area contributed by atoms with E-state index in [0.29, 0.717) is 0 Å². The van der Waals surface area contributed by atoms with Crippen LogP contribution in [0.2, 0.25) is 0 Å². The van der Waals surface area contributed by atoms with Crippen LogP contribution in [-0.4, -0.2) is 9.97 Å². The van der Waals surface area contributed by atoms with E-state index in [2.05, 4.69) is 120 Å². The summed E-state index contributed by atoms with van der Waals surface area (Å²) in [5.41, 5.74) is 3.72. The predicted molar refractivity (Wildman–Crippen MR) is 170 cm³/mol. The van der Waals surface area contributed by atoms with E-state index in [1.165, 1.54) is 29.3 Å². The van der Waals surface area contributed by atoms with Crippen LogP contribution in [0.25, 0.3) is 65.6 Å². The maximum absolute atomic E-state index is 5.00. The van der Waals surface area contributed by atoms with E-state index >= 15 is 0 Å². The fraction of sp³-hybridized carbons (Fsp3) is 0. The number of aromatic nitrogens is 2. The van der Waals surface area contributed by atoms with Gasteiger partial charge in [-0.2, -0.15) is 0 Å². The Kier molecular flexibility index (Phi) is 6.31. The molecule has 0 bridgehead atoms. The van der Waals surface area contributed by atoms with Gasteiger partial charge in [-0.05, 0) is 83.6 Å². The molecule has 0 unspecified atom stereocenters. The van der Waals surface area contributed by atoms with Gasteiger partial charge in [0.15, 0.2) is 0 Å². The second kappa shape index (κ2) is 10.2. The molecule has 0 aliphatic heterocycles. The van der Waals surface area contributed by atoms with E-state index in [4.69, 9.17) is 9.97 Å². The Labute approximate surface area is 236 Å². The second-order valence-electron chi connectivity index (χ2n) is 8.71. The van der Waals surface area contributed by atoms with Gasteiger partial charge in [-0.15, -0.1) is 45.3 Å². The van der Waals surface area contributed by atoms with Crippen molar-refractivity contribution in [2.75, 3.05) is 0 Å². The topological polar surface area (TPSA) is 25.8 Å². The number of benzene rings is 1. The van der Waals surface area contributed by atoms with E-state index in [9.17, 15) is 0 Å². The van der Waals surface area contributed by atoms with E-state index in [1.54, 1.807) is 45.3 Å². The highest BCUT2D eigenvalue weighted by molar-refractivity contribution is 7.22. The zero-order chi connectivity index (χ0) is 25.3. The zero-order valence-electron chi connectivity index (χ0n) is 20.1. The molecule has 0 fully saturated rings. The highest BCUT2D eigenvalue weighted by Gasteiger charge is 2.07. The molecule has 7 aromatic rings. The van der Waals surface area contributed by atoms with Gasteiger partial charge in [0.2, 0.25) is 0 Å². The summed E-state index contributed by atoms with van der Waals surface area (Å²) < 4.78 is 0. The Bertz CT molecular complexity index is 1780. The van der Waals surface area contributed by atoms with Crippen molar-refractivity contribution in [2.24, 2.45) is 0 Å². The summed E-state index contributed by atoms with van der Waals surface area (Å²) in [6.45, 7) is 0. The first-order valence-corrected chi connectivity index (χ1v) is 15.5. The van der Waals surface area contributed by atoms with Crippen LogP contribution >= 0.6 is 45.3 Å². The van der Waals surface area contributed by atoms with Crippen LogP contribution in [-0.2, 0) is 0 Å². The normalized spacial score (nSPS) is 12.0. The van der Waals surface area contributed by atoms with Crippen molar-refractivity contribution in [2.45, 2.75) is 0 Å². The van der Waals surface area contributed by atoms with Crippen molar-refractivity contribution in [3.63, 3.8) is 0 Å². The number of hydrogen-bond acceptors (Lipinski definition) is 6. The molecule has 0 saturated carbocycles. The first-order chi connectivity index (χ1) is 18.8. The molecule has 38 heavy (non-hydrogen) atoms. The van der Waals surface area contributed by atoms with Gasteiger partial charge in [0.1, 0.15) is 0 Å². The molecule has 1 aromatic carbocycles. The Morgan fingerprint density at radius 3 is 1.37 bits per heavy atom. The first-order valence-electron chi connectivity index (χ1n) is 12.1. The second-order valence-corrected chi connectivity index (χ2v) is 12.8. The van der Waals surface area contributed by atoms with E-state index < -0.39 is 0 Å². The van der Waals surface area contributed by atoms with Crippen LogP contribution in [0, 0.1) is 0 Å². The van der Waals surface area contributed by atoms with Gasteiger partial charge in [0, 0.05) is 40.0 Å². The van der Waals surface area contributed by atoms with E-state index in [-0.39, 0.29) is 0 Å². The third kappa shape index (κ3) is 4.79. The van der Waals surface area contributed by atoms with Crippen molar-refractivity contribution in [1.82, 2.24) is 9.97 Å². The van der Waals surface area contributed by atoms with Crippen LogP contribution in [0.1, 0.15) is 21.1 Å². The zero-order valence-corrected chi connectivity index (χ0v) is 23.3. The van der Waals surface area contributed by atoms with Crippen LogP contribution in [0.3, 0.4) is 0 Å². The summed E-state index contributed by atoms with van der Waals surface area (Å²) in [5.74, 6) is 0. The molecule has 0 saturated heterocycles. The Hall–Kier alpha value is -3.68. The predicted octanol–water partition coefficient (Wildman–Crippen LogP) is 10.7. The Morgan fingerprint density at radius 1 is 0.447 bits per heavy atom. The fourth-order valence-electron chi connectivity index (χ4n) is 4.31. The molecule has 0 N–H and O–H groups in total. The summed E-state index contributed by atoms with van der Waals surface area (Å²) in [7, 11) is 0. The molecule has 0 spiro atoms. The lowest BCUT2D eigenvalue weighted by molar-refractivity contribution is 1.34. The molecule has 6 aromatic heterocycles. The largest absolute Gasteiger partial charge is 0.246 e. The molecule has 0 radical (unpaired) electrons. The number of hydrogen-bond donors (Lipinski definition) is 0. The van der Waals surface area contributed by atoms with Gasteiger partial charge in [0.05, 0.1) is 22.4 Å². The molecule has 182 valence electrons. The Balaban J connectivity index is 1.18. The van der Waals surface area contributed by atoms with Gasteiger partial charge in [-0.3, -0.25) is 0 Å².